The second-order valence-electron chi connectivity index (χ2n) is 15.4. The van der Waals surface area contributed by atoms with Crippen LogP contribution in [0.15, 0.2) is 23.8 Å². The maximum Gasteiger partial charge on any atom is 0.342 e. The Morgan fingerprint density at radius 1 is 0.961 bits per heavy atom. The molecule has 3 atom stereocenters. The summed E-state index contributed by atoms with van der Waals surface area (Å²) in [5, 5.41) is 0. The van der Waals surface area contributed by atoms with Gasteiger partial charge in [-0.05, 0) is 64.6 Å². The zero-order valence-corrected chi connectivity index (χ0v) is 35.8. The van der Waals surface area contributed by atoms with E-state index >= 15 is 0 Å². The third-order valence-electron chi connectivity index (χ3n) is 8.51. The third kappa shape index (κ3) is 14.3. The Morgan fingerprint density at radius 3 is 2.20 bits per heavy atom. The Hall–Kier alpha value is -2.71. The van der Waals surface area contributed by atoms with E-state index in [0.717, 1.165) is 34.4 Å². The fraction of sp³-hybridized carbons (Fsp3) is 0.649. The first-order chi connectivity index (χ1) is 23.8. The molecule has 51 heavy (non-hydrogen) atoms. The lowest BCUT2D eigenvalue weighted by atomic mass is 9.93. The average Bonchev–Trinajstić information content (AvgIpc) is 3.42. The van der Waals surface area contributed by atoms with Gasteiger partial charge in [0, 0.05) is 34.4 Å². The van der Waals surface area contributed by atoms with Gasteiger partial charge in [-0.25, -0.2) is 9.59 Å². The van der Waals surface area contributed by atoms with Gasteiger partial charge in [0.2, 0.25) is 0 Å². The summed E-state index contributed by atoms with van der Waals surface area (Å²) in [7, 11) is -3.59. The topological polar surface area (TPSA) is 133 Å². The molecule has 14 heteroatoms. The van der Waals surface area contributed by atoms with Crippen molar-refractivity contribution in [1.82, 2.24) is 0 Å². The molecule has 2 rings (SSSR count). The van der Waals surface area contributed by atoms with Crippen LogP contribution >= 0.6 is 7.60 Å². The van der Waals surface area contributed by atoms with Crippen LogP contribution in [-0.4, -0.2) is 80.4 Å². The number of esters is 3. The lowest BCUT2D eigenvalue weighted by Gasteiger charge is -2.22. The molecule has 1 heterocycles. The standard InChI is InChI=1S/C37H61O11PSi2/c1-13-44-35(38)28(4)48-49(41,43-6)21-15-14-16-29(36(39)46-20-23-51(10,11)12)24-26(2)17-18-30-33(42-5)27(3)31-25-47-37(40)32(31)34(30)45-19-22-50(7,8)9/h14-15,17,28-29H,13,16,18-25H2,1-12H3/b15-14+,26-17+/t28-,29?,49?/m0/s1. The molecule has 0 bridgehead atoms. The number of hydrogen-bond donors (Lipinski definition) is 0. The van der Waals surface area contributed by atoms with E-state index in [0.29, 0.717) is 49.5 Å². The van der Waals surface area contributed by atoms with Crippen molar-refractivity contribution in [3.05, 3.63) is 46.1 Å². The van der Waals surface area contributed by atoms with Crippen LogP contribution in [0, 0.1) is 12.8 Å². The van der Waals surface area contributed by atoms with Gasteiger partial charge in [-0.3, -0.25) is 13.9 Å². The van der Waals surface area contributed by atoms with Crippen molar-refractivity contribution in [1.29, 1.82) is 0 Å². The number of benzene rings is 1. The van der Waals surface area contributed by atoms with E-state index in [2.05, 4.69) is 39.3 Å². The summed E-state index contributed by atoms with van der Waals surface area (Å²) in [5.41, 5.74) is 3.81. The molecule has 0 saturated heterocycles. The smallest absolute Gasteiger partial charge is 0.342 e. The van der Waals surface area contributed by atoms with Gasteiger partial charge in [0.05, 0.1) is 39.0 Å². The highest BCUT2D eigenvalue weighted by Gasteiger charge is 2.34. The molecule has 1 aliphatic heterocycles. The minimum atomic E-state index is -3.64. The molecule has 0 saturated carbocycles. The summed E-state index contributed by atoms with van der Waals surface area (Å²) in [6.45, 7) is 21.7. The van der Waals surface area contributed by atoms with E-state index in [4.69, 9.17) is 32.7 Å². The number of rotatable bonds is 22. The van der Waals surface area contributed by atoms with Crippen LogP contribution in [0.2, 0.25) is 51.4 Å². The monoisotopic (exact) mass is 768 g/mol. The predicted octanol–water partition coefficient (Wildman–Crippen LogP) is 8.52. The molecule has 1 aromatic carbocycles. The van der Waals surface area contributed by atoms with Crippen molar-refractivity contribution in [2.24, 2.45) is 5.92 Å². The summed E-state index contributed by atoms with van der Waals surface area (Å²) >= 11 is 0. The molecule has 0 radical (unpaired) electrons. The highest BCUT2D eigenvalue weighted by Crippen LogP contribution is 2.48. The van der Waals surface area contributed by atoms with Gasteiger partial charge in [-0.2, -0.15) is 0 Å². The van der Waals surface area contributed by atoms with E-state index in [1.54, 1.807) is 26.2 Å². The third-order valence-corrected chi connectivity index (χ3v) is 13.8. The van der Waals surface area contributed by atoms with Crippen LogP contribution in [0.4, 0.5) is 0 Å². The van der Waals surface area contributed by atoms with Crippen LogP contribution in [0.3, 0.4) is 0 Å². The molecule has 0 amide bonds. The number of cyclic esters (lactones) is 1. The molecule has 0 fully saturated rings. The lowest BCUT2D eigenvalue weighted by Crippen LogP contribution is -2.25. The van der Waals surface area contributed by atoms with Crippen LogP contribution in [0.1, 0.15) is 60.7 Å². The first-order valence-corrected chi connectivity index (χ1v) is 26.9. The molecule has 1 aromatic rings. The number of carbonyl (C=O) groups excluding carboxylic acids is 3. The van der Waals surface area contributed by atoms with Crippen molar-refractivity contribution >= 4 is 41.7 Å². The van der Waals surface area contributed by atoms with Gasteiger partial charge < -0.3 is 28.2 Å². The predicted molar refractivity (Wildman–Crippen MR) is 206 cm³/mol. The number of fused-ring (bicyclic) bond motifs is 1. The number of allylic oxidation sites excluding steroid dienone is 4. The normalized spacial score (nSPS) is 15.9. The van der Waals surface area contributed by atoms with Gasteiger partial charge in [0.1, 0.15) is 23.7 Å². The Bertz CT molecular complexity index is 1470. The summed E-state index contributed by atoms with van der Waals surface area (Å²) in [4.78, 5) is 38.3. The Balaban J connectivity index is 2.34. The second-order valence-corrected chi connectivity index (χ2v) is 28.8. The summed E-state index contributed by atoms with van der Waals surface area (Å²) in [6, 6.07) is 1.77. The van der Waals surface area contributed by atoms with Gasteiger partial charge in [-0.1, -0.05) is 63.1 Å². The van der Waals surface area contributed by atoms with Crippen LogP contribution in [0.5, 0.6) is 11.5 Å². The van der Waals surface area contributed by atoms with Crippen molar-refractivity contribution in [2.45, 2.75) is 111 Å². The van der Waals surface area contributed by atoms with Crippen molar-refractivity contribution < 1.29 is 51.7 Å². The molecule has 0 N–H and O–H groups in total. The Labute approximate surface area is 307 Å². The largest absolute Gasteiger partial charge is 0.496 e. The first-order valence-electron chi connectivity index (χ1n) is 17.7. The van der Waals surface area contributed by atoms with E-state index in [1.165, 1.54) is 14.0 Å². The van der Waals surface area contributed by atoms with Crippen molar-refractivity contribution in [3.8, 4) is 11.5 Å². The Morgan fingerprint density at radius 2 is 1.61 bits per heavy atom. The molecular formula is C37H61O11PSi2. The van der Waals surface area contributed by atoms with Crippen LogP contribution in [-0.2, 0) is 50.4 Å². The number of methoxy groups -OCH3 is 1. The summed E-state index contributed by atoms with van der Waals surface area (Å²) in [6.07, 6.45) is 5.45. The van der Waals surface area contributed by atoms with Crippen molar-refractivity contribution in [2.75, 3.05) is 40.2 Å². The minimum absolute atomic E-state index is 0.0835. The molecule has 0 aromatic heterocycles. The fourth-order valence-corrected chi connectivity index (χ4v) is 8.11. The number of ether oxygens (including phenoxy) is 5. The fourth-order valence-electron chi connectivity index (χ4n) is 5.38. The zero-order valence-electron chi connectivity index (χ0n) is 32.9. The van der Waals surface area contributed by atoms with E-state index in [1.807, 2.05) is 19.9 Å². The highest BCUT2D eigenvalue weighted by atomic mass is 31.2. The lowest BCUT2D eigenvalue weighted by molar-refractivity contribution is -0.151. The molecule has 288 valence electrons. The first kappa shape index (κ1) is 44.5. The van der Waals surface area contributed by atoms with E-state index in [9.17, 15) is 18.9 Å². The quantitative estimate of drug-likeness (QED) is 0.0370. The van der Waals surface area contributed by atoms with Gasteiger partial charge in [-0.15, -0.1) is 0 Å². The van der Waals surface area contributed by atoms with E-state index < -0.39 is 47.7 Å². The Kier molecular flexibility index (Phi) is 17.4. The molecule has 11 nitrogen and oxygen atoms in total. The summed E-state index contributed by atoms with van der Waals surface area (Å²) < 4.78 is 52.2. The highest BCUT2D eigenvalue weighted by molar-refractivity contribution is 7.54. The number of carbonyl (C=O) groups is 3. The molecule has 1 aliphatic rings. The maximum absolute atomic E-state index is 13.4. The molecule has 0 spiro atoms. The van der Waals surface area contributed by atoms with Crippen molar-refractivity contribution in [3.63, 3.8) is 0 Å². The minimum Gasteiger partial charge on any atom is -0.496 e. The SMILES string of the molecule is CCOC(=O)[C@H](C)OP(=O)(C/C=C/CC(C/C(C)=C/Cc1c(OC)c(C)c2c(c1OCC[Si](C)(C)C)C(=O)OC2)C(=O)OCC[Si](C)(C)C)OC. The number of hydrogen-bond acceptors (Lipinski definition) is 11. The van der Waals surface area contributed by atoms with Gasteiger partial charge in [0.25, 0.3) is 0 Å². The maximum atomic E-state index is 13.4. The second kappa shape index (κ2) is 19.9. The van der Waals surface area contributed by atoms with Gasteiger partial charge >= 0.3 is 25.5 Å². The van der Waals surface area contributed by atoms with Crippen LogP contribution in [0.25, 0.3) is 0 Å². The van der Waals surface area contributed by atoms with Gasteiger partial charge in [0.15, 0.2) is 6.10 Å². The molecule has 0 aliphatic carbocycles. The molecule has 2 unspecified atom stereocenters. The average molecular weight is 769 g/mol. The van der Waals surface area contributed by atoms with Crippen LogP contribution < -0.4 is 9.47 Å². The zero-order chi connectivity index (χ0) is 38.6. The van der Waals surface area contributed by atoms with E-state index in [-0.39, 0.29) is 25.3 Å². The molecular weight excluding hydrogens is 708 g/mol. The summed E-state index contributed by atoms with van der Waals surface area (Å²) in [5.74, 6) is -0.674.